The Labute approximate surface area is 59.4 Å². The lowest BCUT2D eigenvalue weighted by Crippen LogP contribution is -2.15. The highest BCUT2D eigenvalue weighted by Crippen LogP contribution is 2.01. The highest BCUT2D eigenvalue weighted by atomic mass is 127. The van der Waals surface area contributed by atoms with Gasteiger partial charge in [-0.2, -0.15) is 0 Å². The van der Waals surface area contributed by atoms with Crippen molar-refractivity contribution in [3.8, 4) is 0 Å². The van der Waals surface area contributed by atoms with Crippen LogP contribution in [0.1, 0.15) is 0 Å². The Bertz CT molecular complexity index is 70.6. The first kappa shape index (κ1) is 7.44. The van der Waals surface area contributed by atoms with E-state index in [1.165, 1.54) is 0 Å². The van der Waals surface area contributed by atoms with Gasteiger partial charge >= 0.3 is 0 Å². The van der Waals surface area contributed by atoms with E-state index in [1.54, 1.807) is 0 Å². The molecule has 0 saturated carbocycles. The summed E-state index contributed by atoms with van der Waals surface area (Å²) in [5.74, 6) is 3.21. The molecule has 0 heterocycles. The van der Waals surface area contributed by atoms with E-state index in [-0.39, 0.29) is 6.15 Å². The third-order valence-corrected chi connectivity index (χ3v) is 0.923. The normalized spacial score (nSPS) is 12.0. The lowest BCUT2D eigenvalue weighted by Gasteiger charge is -1.97. The first-order valence-corrected chi connectivity index (χ1v) is 3.77. The van der Waals surface area contributed by atoms with Crippen LogP contribution in [-0.2, 0) is 0 Å². The Morgan fingerprint density at radius 3 is 1.86 bits per heavy atom. The Balaban J connectivity index is 3.56. The minimum absolute atomic E-state index is 0.306. The minimum Gasteiger partial charge on any atom is -0.136 e. The maximum Gasteiger partial charge on any atom is 0.279 e. The molecule has 0 bridgehead atoms. The molecule has 0 saturated heterocycles. The molecule has 0 radical (unpaired) electrons. The van der Waals surface area contributed by atoms with Crippen molar-refractivity contribution in [1.29, 1.82) is 0 Å². The van der Waals surface area contributed by atoms with Crippen LogP contribution in [0.4, 0.5) is 0 Å². The first-order chi connectivity index (χ1) is 3.06. The molecule has 0 amide bonds. The Morgan fingerprint density at radius 1 is 1.43 bits per heavy atom. The summed E-state index contributed by atoms with van der Waals surface area (Å²) < 4.78 is 1.96. The van der Waals surface area contributed by atoms with E-state index in [2.05, 4.69) is 49.0 Å². The fraction of sp³-hybridized carbons (Fsp3) is 0.600. The van der Waals surface area contributed by atoms with E-state index in [0.717, 1.165) is 0 Å². The van der Waals surface area contributed by atoms with Gasteiger partial charge in [0.15, 0.2) is 4.08 Å². The van der Waals surface area contributed by atoms with Gasteiger partial charge in [-0.1, -0.05) is 0 Å². The van der Waals surface area contributed by atoms with Gasteiger partial charge in [-0.05, 0) is 5.98 Å². The molecular weight excluding hydrogens is 198 g/mol. The second kappa shape index (κ2) is 2.68. The standard InChI is InChI=1S/C5H10BI/c1-6(2,3)4-5-7/h5H,1-3H3. The molecule has 0 aromatic carbocycles. The summed E-state index contributed by atoms with van der Waals surface area (Å²) in [6.07, 6.45) is -0.306. The number of halogens is 1. The predicted octanol–water partition coefficient (Wildman–Crippen LogP) is 2.62. The summed E-state index contributed by atoms with van der Waals surface area (Å²) in [6.45, 7) is 6.57. The van der Waals surface area contributed by atoms with Crippen LogP contribution in [-0.4, -0.2) is 6.15 Å². The molecule has 0 nitrogen and oxygen atoms in total. The molecule has 7 heavy (non-hydrogen) atoms. The average molecular weight is 208 g/mol. The zero-order chi connectivity index (χ0) is 5.91. The molecule has 0 N–H and O–H groups in total. The summed E-state index contributed by atoms with van der Waals surface area (Å²) in [7, 11) is 0. The van der Waals surface area contributed by atoms with Crippen LogP contribution >= 0.6 is 22.6 Å². The van der Waals surface area contributed by atoms with Crippen molar-refractivity contribution in [2.45, 2.75) is 20.5 Å². The van der Waals surface area contributed by atoms with Gasteiger partial charge < -0.3 is 0 Å². The number of hydrogen-bond acceptors (Lipinski definition) is 0. The van der Waals surface area contributed by atoms with Crippen LogP contribution in [0.3, 0.4) is 0 Å². The molecule has 2 heteroatoms. The monoisotopic (exact) mass is 208 g/mol. The van der Waals surface area contributed by atoms with Crippen LogP contribution in [0.25, 0.3) is 0 Å². The van der Waals surface area contributed by atoms with Crippen molar-refractivity contribution in [2.75, 3.05) is 0 Å². The van der Waals surface area contributed by atoms with E-state index in [4.69, 9.17) is 0 Å². The Kier molecular flexibility index (Phi) is 2.85. The second-order valence-electron chi connectivity index (χ2n) is 2.87. The van der Waals surface area contributed by atoms with Gasteiger partial charge in [0, 0.05) is 22.6 Å². The van der Waals surface area contributed by atoms with Gasteiger partial charge in [-0.3, -0.25) is 0 Å². The molecule has 0 aromatic rings. The highest BCUT2D eigenvalue weighted by molar-refractivity contribution is 14.1. The van der Waals surface area contributed by atoms with Crippen LogP contribution < -0.4 is 0 Å². The van der Waals surface area contributed by atoms with E-state index < -0.39 is 0 Å². The van der Waals surface area contributed by atoms with Crippen LogP contribution in [0.15, 0.2) is 4.08 Å². The van der Waals surface area contributed by atoms with Gasteiger partial charge in [0.05, 0.1) is 0 Å². The molecule has 0 fully saturated rings. The van der Waals surface area contributed by atoms with Gasteiger partial charge in [-0.25, -0.2) is 0 Å². The highest BCUT2D eigenvalue weighted by Gasteiger charge is 2.14. The summed E-state index contributed by atoms with van der Waals surface area (Å²) in [5, 5.41) is 0. The van der Waals surface area contributed by atoms with Crippen molar-refractivity contribution < 1.29 is 0 Å². The Morgan fingerprint density at radius 2 is 1.86 bits per heavy atom. The van der Waals surface area contributed by atoms with E-state index in [9.17, 15) is 0 Å². The molecule has 0 aliphatic heterocycles. The maximum atomic E-state index is 3.21. The zero-order valence-corrected chi connectivity index (χ0v) is 7.19. The molecule has 0 aromatic heterocycles. The molecule has 0 aliphatic rings. The fourth-order valence-electron chi connectivity index (χ4n) is 0.189. The van der Waals surface area contributed by atoms with Gasteiger partial charge in [0.2, 0.25) is 0 Å². The molecule has 0 spiro atoms. The fourth-order valence-corrected chi connectivity index (χ4v) is 1.27. The SMILES string of the molecule is C[B-](C)(C)[C+]=CI. The third-order valence-electron chi connectivity index (χ3n) is 0.563. The number of rotatable bonds is 1. The van der Waals surface area contributed by atoms with E-state index in [0.29, 0.717) is 0 Å². The summed E-state index contributed by atoms with van der Waals surface area (Å²) in [6, 6.07) is 0. The molecule has 0 rings (SSSR count). The average Bonchev–Trinajstić information content (AvgIpc) is 1.30. The van der Waals surface area contributed by atoms with Crippen LogP contribution in [0, 0.1) is 5.98 Å². The summed E-state index contributed by atoms with van der Waals surface area (Å²) >= 11 is 2.19. The first-order valence-electron chi connectivity index (χ1n) is 2.53. The Hall–Kier alpha value is 0.445. The van der Waals surface area contributed by atoms with Gasteiger partial charge in [-0.15, -0.1) is 20.5 Å². The third kappa shape index (κ3) is 6.44. The summed E-state index contributed by atoms with van der Waals surface area (Å²) in [4.78, 5) is 0. The summed E-state index contributed by atoms with van der Waals surface area (Å²) in [5.41, 5.74) is 0. The topological polar surface area (TPSA) is 0 Å². The number of hydrogen-bond donors (Lipinski definition) is 0. The zero-order valence-electron chi connectivity index (χ0n) is 5.03. The molecule has 40 valence electrons. The maximum absolute atomic E-state index is 3.21. The second-order valence-corrected chi connectivity index (χ2v) is 3.50. The van der Waals surface area contributed by atoms with E-state index in [1.807, 2.05) is 4.08 Å². The smallest absolute Gasteiger partial charge is 0.136 e. The molecule has 0 unspecified atom stereocenters. The minimum atomic E-state index is -0.306. The van der Waals surface area contributed by atoms with Crippen LogP contribution in [0.2, 0.25) is 20.5 Å². The largest absolute Gasteiger partial charge is 0.279 e. The van der Waals surface area contributed by atoms with Gasteiger partial charge in [0.25, 0.3) is 6.15 Å². The lowest BCUT2D eigenvalue weighted by atomic mass is 9.31. The molecular formula is C5H10BI. The van der Waals surface area contributed by atoms with Crippen molar-refractivity contribution >= 4 is 28.7 Å². The quantitative estimate of drug-likeness (QED) is 0.353. The molecule has 0 aliphatic carbocycles. The molecule has 0 atom stereocenters. The van der Waals surface area contributed by atoms with Crippen molar-refractivity contribution in [3.05, 3.63) is 10.1 Å². The van der Waals surface area contributed by atoms with E-state index >= 15 is 0 Å². The predicted molar refractivity (Wildman–Crippen MR) is 45.2 cm³/mol. The van der Waals surface area contributed by atoms with Crippen molar-refractivity contribution in [1.82, 2.24) is 0 Å². The van der Waals surface area contributed by atoms with Crippen molar-refractivity contribution in [2.24, 2.45) is 0 Å². The lowest BCUT2D eigenvalue weighted by molar-refractivity contribution is 1.75. The van der Waals surface area contributed by atoms with Crippen LogP contribution in [0.5, 0.6) is 0 Å². The van der Waals surface area contributed by atoms with Crippen molar-refractivity contribution in [3.63, 3.8) is 0 Å². The van der Waals surface area contributed by atoms with Gasteiger partial charge in [0.1, 0.15) is 0 Å².